The van der Waals surface area contributed by atoms with Crippen molar-refractivity contribution in [3.05, 3.63) is 29.8 Å². The molecule has 1 aromatic carbocycles. The lowest BCUT2D eigenvalue weighted by Crippen LogP contribution is -2.16. The third kappa shape index (κ3) is 2.16. The zero-order valence-corrected chi connectivity index (χ0v) is 9.56. The molecule has 0 spiro atoms. The van der Waals surface area contributed by atoms with Gasteiger partial charge in [0.25, 0.3) is 0 Å². The Bertz CT molecular complexity index is 425. The molecule has 1 heterocycles. The Morgan fingerprint density at radius 1 is 1.44 bits per heavy atom. The van der Waals surface area contributed by atoms with Crippen molar-refractivity contribution in [2.75, 3.05) is 7.11 Å². The maximum atomic E-state index is 11.3. The van der Waals surface area contributed by atoms with E-state index in [0.717, 1.165) is 24.1 Å². The highest BCUT2D eigenvalue weighted by molar-refractivity contribution is 6.32. The average molecular weight is 215 g/mol. The third-order valence-corrected chi connectivity index (χ3v) is 2.82. The number of benzene rings is 1. The summed E-state index contributed by atoms with van der Waals surface area (Å²) >= 11 is 0. The Morgan fingerprint density at radius 3 is 2.75 bits per heavy atom. The molecule has 2 rings (SSSR count). The lowest BCUT2D eigenvalue weighted by atomic mass is 9.94. The summed E-state index contributed by atoms with van der Waals surface area (Å²) in [6, 6.07) is 7.91. The van der Waals surface area contributed by atoms with E-state index < -0.39 is 0 Å². The van der Waals surface area contributed by atoms with Crippen LogP contribution in [0.2, 0.25) is 0 Å². The van der Waals surface area contributed by atoms with Crippen LogP contribution in [0.5, 0.6) is 0 Å². The zero-order valence-electron chi connectivity index (χ0n) is 9.56. The van der Waals surface area contributed by atoms with Gasteiger partial charge in [-0.1, -0.05) is 29.7 Å². The van der Waals surface area contributed by atoms with Gasteiger partial charge in [0, 0.05) is 5.71 Å². The third-order valence-electron chi connectivity index (χ3n) is 2.82. The number of methoxy groups -OCH3 is 1. The van der Waals surface area contributed by atoms with Gasteiger partial charge in [-0.15, -0.1) is 0 Å². The molecule has 0 saturated heterocycles. The molecule has 1 aliphatic heterocycles. The van der Waals surface area contributed by atoms with Crippen LogP contribution in [0, 0.1) is 0 Å². The summed E-state index contributed by atoms with van der Waals surface area (Å²) in [5, 5.41) is 0. The molecule has 0 aliphatic carbocycles. The van der Waals surface area contributed by atoms with Crippen molar-refractivity contribution in [1.82, 2.24) is 0 Å². The number of nitrogens with zero attached hydrogens (tertiary/aromatic N) is 1. The molecular formula is C12H14BNO2. The number of hydrogen-bond acceptors (Lipinski definition) is 3. The summed E-state index contributed by atoms with van der Waals surface area (Å²) in [4.78, 5) is 15.7. The topological polar surface area (TPSA) is 38.7 Å². The first-order chi connectivity index (χ1) is 7.70. The molecule has 1 atom stereocenters. The van der Waals surface area contributed by atoms with E-state index in [1.54, 1.807) is 0 Å². The van der Waals surface area contributed by atoms with E-state index in [9.17, 15) is 4.79 Å². The van der Waals surface area contributed by atoms with Gasteiger partial charge in [0.1, 0.15) is 13.9 Å². The molecule has 1 aromatic rings. The monoisotopic (exact) mass is 215 g/mol. The minimum atomic E-state index is -0.304. The van der Waals surface area contributed by atoms with Gasteiger partial charge >= 0.3 is 5.97 Å². The van der Waals surface area contributed by atoms with Gasteiger partial charge < -0.3 is 4.74 Å². The quantitative estimate of drug-likeness (QED) is 0.517. The lowest BCUT2D eigenvalue weighted by Gasteiger charge is -2.02. The van der Waals surface area contributed by atoms with Gasteiger partial charge in [-0.05, 0) is 18.4 Å². The van der Waals surface area contributed by atoms with E-state index >= 15 is 0 Å². The molecule has 0 unspecified atom stereocenters. The summed E-state index contributed by atoms with van der Waals surface area (Å²) in [5.41, 5.74) is 3.35. The van der Waals surface area contributed by atoms with Crippen LogP contribution in [0.25, 0.3) is 0 Å². The Labute approximate surface area is 95.9 Å². The van der Waals surface area contributed by atoms with Gasteiger partial charge in [-0.3, -0.25) is 4.99 Å². The van der Waals surface area contributed by atoms with Crippen LogP contribution in [0.4, 0.5) is 0 Å². The molecule has 0 fully saturated rings. The van der Waals surface area contributed by atoms with Crippen molar-refractivity contribution < 1.29 is 9.53 Å². The van der Waals surface area contributed by atoms with Crippen LogP contribution in [0.1, 0.15) is 18.4 Å². The average Bonchev–Trinajstić information content (AvgIpc) is 2.78. The summed E-state index contributed by atoms with van der Waals surface area (Å²) in [6.07, 6.45) is 1.61. The predicted molar refractivity (Wildman–Crippen MR) is 66.2 cm³/mol. The van der Waals surface area contributed by atoms with E-state index in [0.29, 0.717) is 0 Å². The highest BCUT2D eigenvalue weighted by atomic mass is 16.5. The van der Waals surface area contributed by atoms with Crippen LogP contribution < -0.4 is 5.46 Å². The molecule has 0 N–H and O–H groups in total. The molecule has 4 heteroatoms. The Hall–Kier alpha value is -1.58. The van der Waals surface area contributed by atoms with Gasteiger partial charge in [0.2, 0.25) is 0 Å². The van der Waals surface area contributed by atoms with Gasteiger partial charge in [-0.25, -0.2) is 4.79 Å². The Kier molecular flexibility index (Phi) is 3.08. The van der Waals surface area contributed by atoms with Crippen molar-refractivity contribution in [3.63, 3.8) is 0 Å². The van der Waals surface area contributed by atoms with E-state index in [1.807, 2.05) is 12.1 Å². The molecule has 82 valence electrons. The minimum absolute atomic E-state index is 0.234. The highest BCUT2D eigenvalue weighted by Crippen LogP contribution is 2.18. The zero-order chi connectivity index (χ0) is 11.5. The lowest BCUT2D eigenvalue weighted by molar-refractivity contribution is -0.141. The van der Waals surface area contributed by atoms with Gasteiger partial charge in [0.15, 0.2) is 0 Å². The number of ether oxygens (including phenoxy) is 1. The van der Waals surface area contributed by atoms with E-state index in [1.165, 1.54) is 12.6 Å². The van der Waals surface area contributed by atoms with E-state index in [-0.39, 0.29) is 12.0 Å². The Morgan fingerprint density at radius 2 is 2.12 bits per heavy atom. The number of rotatable bonds is 2. The normalized spacial score (nSPS) is 19.3. The fourth-order valence-corrected chi connectivity index (χ4v) is 1.86. The first kappa shape index (κ1) is 10.9. The second kappa shape index (κ2) is 4.52. The molecule has 1 aliphatic rings. The van der Waals surface area contributed by atoms with Gasteiger partial charge in [0.05, 0.1) is 7.11 Å². The number of carbonyl (C=O) groups is 1. The molecule has 0 aromatic heterocycles. The summed E-state index contributed by atoms with van der Waals surface area (Å²) in [7, 11) is 3.46. The number of hydrogen-bond donors (Lipinski definition) is 0. The predicted octanol–water partition coefficient (Wildman–Crippen LogP) is 0.0695. The van der Waals surface area contributed by atoms with Crippen molar-refractivity contribution in [1.29, 1.82) is 0 Å². The maximum Gasteiger partial charge on any atom is 0.330 e. The maximum absolute atomic E-state index is 11.3. The molecule has 0 saturated carbocycles. The first-order valence-electron chi connectivity index (χ1n) is 5.42. The second-order valence-corrected chi connectivity index (χ2v) is 4.02. The molecular weight excluding hydrogens is 201 g/mol. The standard InChI is InChI=1S/C12H14BNO2/c1-16-12(15)11-7-6-10(14-11)8-2-4-9(13)5-3-8/h2-5,11H,6-7,13H2,1H3/t11-/m0/s1. The van der Waals surface area contributed by atoms with Gasteiger partial charge in [-0.2, -0.15) is 0 Å². The van der Waals surface area contributed by atoms with E-state index in [2.05, 4.69) is 25.0 Å². The van der Waals surface area contributed by atoms with Crippen molar-refractivity contribution in [2.24, 2.45) is 4.99 Å². The fourth-order valence-electron chi connectivity index (χ4n) is 1.86. The van der Waals surface area contributed by atoms with Crippen LogP contribution in [0.15, 0.2) is 29.3 Å². The number of carbonyl (C=O) groups excluding carboxylic acids is 1. The first-order valence-corrected chi connectivity index (χ1v) is 5.42. The molecule has 3 nitrogen and oxygen atoms in total. The van der Waals surface area contributed by atoms with Crippen molar-refractivity contribution in [2.45, 2.75) is 18.9 Å². The highest BCUT2D eigenvalue weighted by Gasteiger charge is 2.25. The minimum Gasteiger partial charge on any atom is -0.467 e. The van der Waals surface area contributed by atoms with Crippen LogP contribution >= 0.6 is 0 Å². The number of esters is 1. The molecule has 0 bridgehead atoms. The summed E-state index contributed by atoms with van der Waals surface area (Å²) in [6.45, 7) is 0. The van der Waals surface area contributed by atoms with Crippen LogP contribution in [-0.4, -0.2) is 32.7 Å². The van der Waals surface area contributed by atoms with Crippen LogP contribution in [-0.2, 0) is 9.53 Å². The van der Waals surface area contributed by atoms with Crippen molar-refractivity contribution >= 4 is 25.0 Å². The van der Waals surface area contributed by atoms with E-state index in [4.69, 9.17) is 4.74 Å². The Balaban J connectivity index is 2.17. The molecule has 0 amide bonds. The summed E-state index contributed by atoms with van der Waals surface area (Å²) < 4.78 is 4.69. The summed E-state index contributed by atoms with van der Waals surface area (Å²) in [5.74, 6) is -0.234. The SMILES string of the molecule is Bc1ccc(C2=N[C@H](C(=O)OC)CC2)cc1. The fraction of sp³-hybridized carbons (Fsp3) is 0.333. The smallest absolute Gasteiger partial charge is 0.330 e. The largest absolute Gasteiger partial charge is 0.467 e. The molecule has 16 heavy (non-hydrogen) atoms. The molecule has 0 radical (unpaired) electrons. The van der Waals surface area contributed by atoms with Crippen molar-refractivity contribution in [3.8, 4) is 0 Å². The second-order valence-electron chi connectivity index (χ2n) is 4.02. The van der Waals surface area contributed by atoms with Crippen LogP contribution in [0.3, 0.4) is 0 Å². The number of aliphatic imine (C=N–C) groups is 1.